The highest BCUT2D eigenvalue weighted by atomic mass is 35.5. The Balaban J connectivity index is 1.83. The van der Waals surface area contributed by atoms with E-state index in [-0.39, 0.29) is 5.78 Å². The summed E-state index contributed by atoms with van der Waals surface area (Å²) in [6, 6.07) is 7.54. The molecule has 0 radical (unpaired) electrons. The number of nitrogens with zero attached hydrogens (tertiary/aromatic N) is 1. The second-order valence-corrected chi connectivity index (χ2v) is 6.78. The number of carbonyl (C=O) groups excluding carboxylic acids is 1. The van der Waals surface area contributed by atoms with Crippen LogP contribution in [0.3, 0.4) is 0 Å². The largest absolute Gasteiger partial charge is 0.292 e. The lowest BCUT2D eigenvalue weighted by Gasteiger charge is -1.99. The van der Waals surface area contributed by atoms with Gasteiger partial charge < -0.3 is 0 Å². The van der Waals surface area contributed by atoms with E-state index >= 15 is 0 Å². The van der Waals surface area contributed by atoms with Gasteiger partial charge in [0.1, 0.15) is 0 Å². The van der Waals surface area contributed by atoms with E-state index in [1.54, 1.807) is 0 Å². The van der Waals surface area contributed by atoms with Crippen molar-refractivity contribution in [2.45, 2.75) is 51.9 Å². The van der Waals surface area contributed by atoms with Crippen LogP contribution in [0.1, 0.15) is 61.7 Å². The number of carbonyl (C=O) groups is 1. The number of rotatable bonds is 9. The van der Waals surface area contributed by atoms with Crippen LogP contribution in [0.5, 0.6) is 0 Å². The second-order valence-electron chi connectivity index (χ2n) is 5.49. The van der Waals surface area contributed by atoms with E-state index < -0.39 is 0 Å². The second kappa shape index (κ2) is 9.06. The topological polar surface area (TPSA) is 30.0 Å². The van der Waals surface area contributed by atoms with Gasteiger partial charge in [-0.05, 0) is 18.6 Å². The molecule has 4 heteroatoms. The van der Waals surface area contributed by atoms with E-state index in [1.165, 1.54) is 37.0 Å². The van der Waals surface area contributed by atoms with Crippen molar-refractivity contribution in [3.8, 4) is 11.3 Å². The van der Waals surface area contributed by atoms with Crippen LogP contribution >= 0.6 is 22.9 Å². The van der Waals surface area contributed by atoms with Gasteiger partial charge in [0.15, 0.2) is 10.8 Å². The molecule has 0 fully saturated rings. The molecule has 0 aliphatic rings. The monoisotopic (exact) mass is 335 g/mol. The van der Waals surface area contributed by atoms with E-state index in [9.17, 15) is 4.79 Å². The molecule has 2 nitrogen and oxygen atoms in total. The number of hydrogen-bond donors (Lipinski definition) is 0. The maximum Gasteiger partial charge on any atom is 0.191 e. The van der Waals surface area contributed by atoms with E-state index in [0.717, 1.165) is 24.1 Å². The first-order valence-electron chi connectivity index (χ1n) is 7.95. The Labute approximate surface area is 141 Å². The molecule has 118 valence electrons. The summed E-state index contributed by atoms with van der Waals surface area (Å²) in [4.78, 5) is 16.6. The number of hydrogen-bond acceptors (Lipinski definition) is 3. The number of Topliss-reactive ketones (excluding diaryl/α,β-unsaturated/α-hetero) is 1. The van der Waals surface area contributed by atoms with Crippen LogP contribution in [0, 0.1) is 0 Å². The van der Waals surface area contributed by atoms with Gasteiger partial charge in [0.2, 0.25) is 0 Å². The summed E-state index contributed by atoms with van der Waals surface area (Å²) in [5.41, 5.74) is 1.85. The SMILES string of the molecule is CCCCCCCCC(=O)c1nc(-c2ccc(Cl)cc2)cs1. The van der Waals surface area contributed by atoms with Gasteiger partial charge in [-0.2, -0.15) is 0 Å². The maximum absolute atomic E-state index is 12.2. The molecule has 0 unspecified atom stereocenters. The fourth-order valence-electron chi connectivity index (χ4n) is 2.33. The van der Waals surface area contributed by atoms with Crippen LogP contribution in [0.4, 0.5) is 0 Å². The first-order chi connectivity index (χ1) is 10.7. The van der Waals surface area contributed by atoms with Gasteiger partial charge in [-0.1, -0.05) is 62.8 Å². The summed E-state index contributed by atoms with van der Waals surface area (Å²) in [5.74, 6) is 0.167. The Morgan fingerprint density at radius 1 is 1.09 bits per heavy atom. The molecule has 1 heterocycles. The minimum Gasteiger partial charge on any atom is -0.292 e. The molecule has 0 bridgehead atoms. The third kappa shape index (κ3) is 5.22. The lowest BCUT2D eigenvalue weighted by atomic mass is 10.1. The van der Waals surface area contributed by atoms with E-state index in [0.29, 0.717) is 16.5 Å². The molecule has 0 aliphatic carbocycles. The minimum atomic E-state index is 0.167. The standard InChI is InChI=1S/C18H22ClNOS/c1-2-3-4-5-6-7-8-17(21)18-20-16(13-22-18)14-9-11-15(19)12-10-14/h9-13H,2-8H2,1H3. The molecule has 0 N–H and O–H groups in total. The number of halogens is 1. The predicted octanol–water partition coefficient (Wildman–Crippen LogP) is 6.40. The zero-order valence-electron chi connectivity index (χ0n) is 13.0. The molecule has 0 spiro atoms. The summed E-state index contributed by atoms with van der Waals surface area (Å²) in [5, 5.41) is 3.27. The highest BCUT2D eigenvalue weighted by Crippen LogP contribution is 2.24. The lowest BCUT2D eigenvalue weighted by Crippen LogP contribution is -1.98. The zero-order chi connectivity index (χ0) is 15.8. The Morgan fingerprint density at radius 3 is 2.50 bits per heavy atom. The van der Waals surface area contributed by atoms with E-state index in [4.69, 9.17) is 11.6 Å². The number of ketones is 1. The summed E-state index contributed by atoms with van der Waals surface area (Å²) in [6.45, 7) is 2.21. The summed E-state index contributed by atoms with van der Waals surface area (Å²) < 4.78 is 0. The van der Waals surface area contributed by atoms with Gasteiger partial charge in [0.05, 0.1) is 5.69 Å². The van der Waals surface area contributed by atoms with E-state index in [2.05, 4.69) is 11.9 Å². The molecule has 1 aromatic heterocycles. The molecular weight excluding hydrogens is 314 g/mol. The number of aromatic nitrogens is 1. The molecular formula is C18H22ClNOS. The van der Waals surface area contributed by atoms with Crippen molar-refractivity contribution >= 4 is 28.7 Å². The van der Waals surface area contributed by atoms with Crippen LogP contribution in [0.2, 0.25) is 5.02 Å². The van der Waals surface area contributed by atoms with Crippen molar-refractivity contribution in [2.24, 2.45) is 0 Å². The molecule has 1 aromatic carbocycles. The minimum absolute atomic E-state index is 0.167. The Hall–Kier alpha value is -1.19. The molecule has 0 amide bonds. The molecule has 2 aromatic rings. The average molecular weight is 336 g/mol. The summed E-state index contributed by atoms with van der Waals surface area (Å²) in [7, 11) is 0. The summed E-state index contributed by atoms with van der Waals surface area (Å²) >= 11 is 7.32. The smallest absolute Gasteiger partial charge is 0.191 e. The maximum atomic E-state index is 12.2. The third-order valence-electron chi connectivity index (χ3n) is 3.64. The Morgan fingerprint density at radius 2 is 1.77 bits per heavy atom. The van der Waals surface area contributed by atoms with Crippen LogP contribution < -0.4 is 0 Å². The normalized spacial score (nSPS) is 10.8. The van der Waals surface area contributed by atoms with Gasteiger partial charge in [-0.3, -0.25) is 4.79 Å². The molecule has 22 heavy (non-hydrogen) atoms. The van der Waals surface area contributed by atoms with Crippen molar-refractivity contribution < 1.29 is 4.79 Å². The molecule has 0 saturated carbocycles. The van der Waals surface area contributed by atoms with Gasteiger partial charge >= 0.3 is 0 Å². The average Bonchev–Trinajstić information content (AvgIpc) is 3.01. The third-order valence-corrected chi connectivity index (χ3v) is 4.78. The highest BCUT2D eigenvalue weighted by molar-refractivity contribution is 7.12. The first-order valence-corrected chi connectivity index (χ1v) is 9.21. The highest BCUT2D eigenvalue weighted by Gasteiger charge is 2.11. The number of unbranched alkanes of at least 4 members (excludes halogenated alkanes) is 5. The van der Waals surface area contributed by atoms with Crippen LogP contribution in [-0.4, -0.2) is 10.8 Å². The Kier molecular flexibility index (Phi) is 7.07. The Bertz CT molecular complexity index is 591. The predicted molar refractivity (Wildman–Crippen MR) is 94.9 cm³/mol. The number of thiazole rings is 1. The van der Waals surface area contributed by atoms with Crippen molar-refractivity contribution in [1.82, 2.24) is 4.98 Å². The summed E-state index contributed by atoms with van der Waals surface area (Å²) in [6.07, 6.45) is 7.79. The fraction of sp³-hybridized carbons (Fsp3) is 0.444. The van der Waals surface area contributed by atoms with Crippen molar-refractivity contribution in [2.75, 3.05) is 0 Å². The fourth-order valence-corrected chi connectivity index (χ4v) is 3.25. The first kappa shape index (κ1) is 17.2. The van der Waals surface area contributed by atoms with Crippen LogP contribution in [0.15, 0.2) is 29.6 Å². The van der Waals surface area contributed by atoms with Crippen LogP contribution in [0.25, 0.3) is 11.3 Å². The van der Waals surface area contributed by atoms with Crippen molar-refractivity contribution in [3.63, 3.8) is 0 Å². The molecule has 0 aliphatic heterocycles. The molecule has 0 saturated heterocycles. The van der Waals surface area contributed by atoms with Crippen molar-refractivity contribution in [3.05, 3.63) is 39.7 Å². The van der Waals surface area contributed by atoms with Gasteiger partial charge in [0.25, 0.3) is 0 Å². The quantitative estimate of drug-likeness (QED) is 0.392. The van der Waals surface area contributed by atoms with Gasteiger partial charge in [-0.25, -0.2) is 4.98 Å². The zero-order valence-corrected chi connectivity index (χ0v) is 14.6. The van der Waals surface area contributed by atoms with E-state index in [1.807, 2.05) is 29.6 Å². The molecule has 2 rings (SSSR count). The van der Waals surface area contributed by atoms with Gasteiger partial charge in [0, 0.05) is 22.4 Å². The molecule has 0 atom stereocenters. The van der Waals surface area contributed by atoms with Crippen molar-refractivity contribution in [1.29, 1.82) is 0 Å². The van der Waals surface area contributed by atoms with Gasteiger partial charge in [-0.15, -0.1) is 11.3 Å². The number of benzene rings is 1. The van der Waals surface area contributed by atoms with Crippen LogP contribution in [-0.2, 0) is 0 Å². The lowest BCUT2D eigenvalue weighted by molar-refractivity contribution is 0.0979.